The largest absolute Gasteiger partial charge is 0.493 e. The smallest absolute Gasteiger partial charge is 0.229 e. The van der Waals surface area contributed by atoms with E-state index in [4.69, 9.17) is 19.3 Å². The van der Waals surface area contributed by atoms with Gasteiger partial charge in [-0.2, -0.15) is 0 Å². The van der Waals surface area contributed by atoms with Crippen molar-refractivity contribution in [3.63, 3.8) is 0 Å². The maximum atomic E-state index is 10.0. The number of methoxy groups -OCH3 is 1. The molecule has 1 fully saturated rings. The van der Waals surface area contributed by atoms with Gasteiger partial charge in [0, 0.05) is 6.61 Å². The Morgan fingerprint density at radius 3 is 2.42 bits per heavy atom. The number of hydrogen-bond donors (Lipinski definition) is 5. The van der Waals surface area contributed by atoms with Crippen molar-refractivity contribution in [2.45, 2.75) is 43.5 Å². The second kappa shape index (κ2) is 8.61. The van der Waals surface area contributed by atoms with Crippen LogP contribution in [0.4, 0.5) is 0 Å². The van der Waals surface area contributed by atoms with Crippen LogP contribution >= 0.6 is 0 Å². The zero-order valence-corrected chi connectivity index (χ0v) is 13.4. The van der Waals surface area contributed by atoms with E-state index in [0.29, 0.717) is 18.6 Å². The maximum absolute atomic E-state index is 10.0. The first-order valence-electron chi connectivity index (χ1n) is 7.76. The Balaban J connectivity index is 2.14. The highest BCUT2D eigenvalue weighted by atomic mass is 16.7. The summed E-state index contributed by atoms with van der Waals surface area (Å²) in [6.07, 6.45) is -5.44. The highest BCUT2D eigenvalue weighted by molar-refractivity contribution is 5.43. The molecule has 0 amide bonds. The van der Waals surface area contributed by atoms with E-state index in [2.05, 4.69) is 0 Å². The molecule has 136 valence electrons. The maximum Gasteiger partial charge on any atom is 0.229 e. The topological polar surface area (TPSA) is 129 Å². The zero-order chi connectivity index (χ0) is 17.7. The van der Waals surface area contributed by atoms with Crippen molar-refractivity contribution in [2.24, 2.45) is 0 Å². The van der Waals surface area contributed by atoms with Gasteiger partial charge >= 0.3 is 0 Å². The third kappa shape index (κ3) is 4.15. The van der Waals surface area contributed by atoms with Gasteiger partial charge in [0.15, 0.2) is 11.5 Å². The first-order valence-corrected chi connectivity index (χ1v) is 7.76. The van der Waals surface area contributed by atoms with Crippen LogP contribution in [-0.4, -0.2) is 76.6 Å². The summed E-state index contributed by atoms with van der Waals surface area (Å²) >= 11 is 0. The summed E-state index contributed by atoms with van der Waals surface area (Å²) in [5.74, 6) is 0.692. The molecule has 1 aliphatic rings. The van der Waals surface area contributed by atoms with E-state index in [1.165, 1.54) is 7.11 Å². The predicted molar refractivity (Wildman–Crippen MR) is 82.8 cm³/mol. The number of ether oxygens (including phenoxy) is 3. The van der Waals surface area contributed by atoms with Gasteiger partial charge < -0.3 is 39.7 Å². The summed E-state index contributed by atoms with van der Waals surface area (Å²) in [5.41, 5.74) is 0.946. The van der Waals surface area contributed by atoms with Crippen LogP contribution in [0.25, 0.3) is 0 Å². The lowest BCUT2D eigenvalue weighted by Gasteiger charge is -2.39. The van der Waals surface area contributed by atoms with Crippen molar-refractivity contribution in [3.05, 3.63) is 23.8 Å². The summed E-state index contributed by atoms with van der Waals surface area (Å²) in [7, 11) is 1.46. The van der Waals surface area contributed by atoms with Gasteiger partial charge in [-0.05, 0) is 30.5 Å². The Labute approximate surface area is 139 Å². The fourth-order valence-electron chi connectivity index (χ4n) is 2.54. The van der Waals surface area contributed by atoms with Crippen LogP contribution in [0.15, 0.2) is 18.2 Å². The molecule has 8 nitrogen and oxygen atoms in total. The number of hydrogen-bond acceptors (Lipinski definition) is 8. The Morgan fingerprint density at radius 2 is 1.79 bits per heavy atom. The Hall–Kier alpha value is -1.42. The molecule has 0 aromatic heterocycles. The molecule has 24 heavy (non-hydrogen) atoms. The summed E-state index contributed by atoms with van der Waals surface area (Å²) < 4.78 is 16.1. The molecule has 2 rings (SSSR count). The van der Waals surface area contributed by atoms with Crippen LogP contribution in [0.3, 0.4) is 0 Å². The second-order valence-corrected chi connectivity index (χ2v) is 5.63. The molecule has 5 atom stereocenters. The van der Waals surface area contributed by atoms with E-state index in [-0.39, 0.29) is 12.4 Å². The van der Waals surface area contributed by atoms with Crippen LogP contribution in [-0.2, 0) is 11.2 Å². The van der Waals surface area contributed by atoms with Gasteiger partial charge in [0.05, 0.1) is 13.7 Å². The molecule has 0 saturated carbocycles. The van der Waals surface area contributed by atoms with E-state index in [0.717, 1.165) is 5.56 Å². The van der Waals surface area contributed by atoms with E-state index in [1.54, 1.807) is 18.2 Å². The van der Waals surface area contributed by atoms with Gasteiger partial charge in [0.2, 0.25) is 6.29 Å². The lowest BCUT2D eigenvalue weighted by Crippen LogP contribution is -2.60. The molecule has 0 bridgehead atoms. The van der Waals surface area contributed by atoms with Gasteiger partial charge in [0.25, 0.3) is 0 Å². The highest BCUT2D eigenvalue weighted by Crippen LogP contribution is 2.32. The molecule has 1 aromatic carbocycles. The number of aliphatic hydroxyl groups excluding tert-OH is 5. The first kappa shape index (κ1) is 18.9. The van der Waals surface area contributed by atoms with Crippen LogP contribution in [0, 0.1) is 0 Å². The lowest BCUT2D eigenvalue weighted by molar-refractivity contribution is -0.277. The molecule has 1 saturated heterocycles. The molecule has 5 N–H and O–H groups in total. The fraction of sp³-hybridized carbons (Fsp3) is 0.625. The molecule has 0 radical (unpaired) electrons. The molecule has 8 heteroatoms. The average Bonchev–Trinajstić information content (AvgIpc) is 2.61. The van der Waals surface area contributed by atoms with E-state index in [9.17, 15) is 20.4 Å². The molecule has 1 aliphatic heterocycles. The number of benzene rings is 1. The second-order valence-electron chi connectivity index (χ2n) is 5.63. The Morgan fingerprint density at radius 1 is 1.04 bits per heavy atom. The summed E-state index contributed by atoms with van der Waals surface area (Å²) in [4.78, 5) is 0. The van der Waals surface area contributed by atoms with Crippen LogP contribution < -0.4 is 9.47 Å². The molecule has 0 spiro atoms. The van der Waals surface area contributed by atoms with Gasteiger partial charge in [-0.3, -0.25) is 0 Å². The van der Waals surface area contributed by atoms with E-state index < -0.39 is 37.3 Å². The van der Waals surface area contributed by atoms with Crippen molar-refractivity contribution in [3.8, 4) is 11.5 Å². The zero-order valence-electron chi connectivity index (χ0n) is 13.4. The Kier molecular flexibility index (Phi) is 6.79. The first-order chi connectivity index (χ1) is 11.5. The summed E-state index contributed by atoms with van der Waals surface area (Å²) in [6, 6.07) is 5.17. The van der Waals surface area contributed by atoms with Crippen molar-refractivity contribution >= 4 is 0 Å². The number of rotatable bonds is 7. The predicted octanol–water partition coefficient (Wildman–Crippen LogP) is -1.20. The standard InChI is InChI=1S/C16H24O8/c1-22-11-7-9(3-2-6-17)4-5-10(11)23-16-15(21)14(20)13(19)12(8-18)24-16/h4-5,7,12-21H,2-3,6,8H2,1H3/t12-,13-,14+,15-,16+/m1/s1. The van der Waals surface area contributed by atoms with Crippen molar-refractivity contribution in [1.82, 2.24) is 0 Å². The van der Waals surface area contributed by atoms with Crippen LogP contribution in [0.1, 0.15) is 12.0 Å². The third-order valence-corrected chi connectivity index (χ3v) is 3.94. The van der Waals surface area contributed by atoms with Gasteiger partial charge in [0.1, 0.15) is 24.4 Å². The lowest BCUT2D eigenvalue weighted by atomic mass is 9.99. The highest BCUT2D eigenvalue weighted by Gasteiger charge is 2.44. The minimum absolute atomic E-state index is 0.0887. The van der Waals surface area contributed by atoms with Gasteiger partial charge in [-0.15, -0.1) is 0 Å². The average molecular weight is 344 g/mol. The molecular weight excluding hydrogens is 320 g/mol. The number of aliphatic hydroxyl groups is 5. The van der Waals surface area contributed by atoms with E-state index in [1.807, 2.05) is 0 Å². The van der Waals surface area contributed by atoms with Crippen LogP contribution in [0.2, 0.25) is 0 Å². The summed E-state index contributed by atoms with van der Waals surface area (Å²) in [6.45, 7) is -0.437. The molecule has 1 heterocycles. The van der Waals surface area contributed by atoms with Gasteiger partial charge in [-0.1, -0.05) is 6.07 Å². The molecular formula is C16H24O8. The quantitative estimate of drug-likeness (QED) is 0.417. The molecule has 1 aromatic rings. The minimum atomic E-state index is -1.50. The monoisotopic (exact) mass is 344 g/mol. The van der Waals surface area contributed by atoms with Gasteiger partial charge in [-0.25, -0.2) is 0 Å². The number of aryl methyl sites for hydroxylation is 1. The molecule has 0 aliphatic carbocycles. The van der Waals surface area contributed by atoms with Crippen LogP contribution in [0.5, 0.6) is 11.5 Å². The van der Waals surface area contributed by atoms with Crippen molar-refractivity contribution < 1.29 is 39.7 Å². The minimum Gasteiger partial charge on any atom is -0.493 e. The van der Waals surface area contributed by atoms with E-state index >= 15 is 0 Å². The fourth-order valence-corrected chi connectivity index (χ4v) is 2.54. The Bertz CT molecular complexity index is 521. The normalized spacial score (nSPS) is 30.2. The SMILES string of the molecule is COc1cc(CCCO)ccc1O[C@H]1O[C@H](CO)[C@@H](O)[C@H](O)[C@H]1O. The van der Waals surface area contributed by atoms with Crippen molar-refractivity contribution in [1.29, 1.82) is 0 Å². The summed E-state index contributed by atoms with van der Waals surface area (Å²) in [5, 5.41) is 47.6. The molecule has 0 unspecified atom stereocenters. The third-order valence-electron chi connectivity index (χ3n) is 3.94. The van der Waals surface area contributed by atoms with Crippen molar-refractivity contribution in [2.75, 3.05) is 20.3 Å².